The maximum atomic E-state index is 11.9. The molecule has 0 N–H and O–H groups in total. The van der Waals surface area contributed by atoms with Crippen molar-refractivity contribution in [3.63, 3.8) is 0 Å². The van der Waals surface area contributed by atoms with Crippen molar-refractivity contribution in [1.29, 1.82) is 0 Å². The molecule has 0 saturated heterocycles. The van der Waals surface area contributed by atoms with Crippen molar-refractivity contribution in [3.8, 4) is 0 Å². The molecule has 0 atom stereocenters. The predicted molar refractivity (Wildman–Crippen MR) is 41.0 cm³/mol. The summed E-state index contributed by atoms with van der Waals surface area (Å²) in [5.74, 6) is -0.573. The van der Waals surface area contributed by atoms with E-state index in [0.717, 1.165) is 0 Å². The molecule has 0 saturated carbocycles. The highest BCUT2D eigenvalue weighted by atomic mass is 127. The van der Waals surface area contributed by atoms with Gasteiger partial charge in [0.2, 0.25) is 5.02 Å². The number of allylic oxidation sites excluding steroid dienone is 1. The van der Waals surface area contributed by atoms with E-state index in [0.29, 0.717) is 0 Å². The van der Waals surface area contributed by atoms with E-state index in [2.05, 4.69) is 6.58 Å². The summed E-state index contributed by atoms with van der Waals surface area (Å²) in [6, 6.07) is 0. The van der Waals surface area contributed by atoms with E-state index in [1.165, 1.54) is 22.6 Å². The lowest BCUT2D eigenvalue weighted by atomic mass is 10.3. The van der Waals surface area contributed by atoms with Crippen LogP contribution in [0.15, 0.2) is 12.4 Å². The molecule has 0 bridgehead atoms. The molecule has 0 aliphatic carbocycles. The topological polar surface area (TPSA) is 3.01 Å². The highest BCUT2D eigenvalue weighted by Crippen LogP contribution is 2.08. The van der Waals surface area contributed by atoms with Crippen LogP contribution >= 0.6 is 22.6 Å². The minimum absolute atomic E-state index is 0.00287. The van der Waals surface area contributed by atoms with E-state index in [9.17, 15) is 13.4 Å². The molecular formula is C5H6F3IN+. The van der Waals surface area contributed by atoms with Crippen molar-refractivity contribution in [2.45, 2.75) is 12.8 Å². The van der Waals surface area contributed by atoms with Crippen LogP contribution in [0.3, 0.4) is 0 Å². The van der Waals surface area contributed by atoms with Crippen LogP contribution in [-0.4, -0.2) is 8.74 Å². The molecule has 5 heteroatoms. The summed E-state index contributed by atoms with van der Waals surface area (Å²) >= 11 is 1.45. The molecule has 0 aromatic carbocycles. The molecule has 1 nitrogen and oxygen atoms in total. The van der Waals surface area contributed by atoms with Crippen molar-refractivity contribution in [2.75, 3.05) is 0 Å². The van der Waals surface area contributed by atoms with Gasteiger partial charge >= 0.3 is 3.72 Å². The lowest BCUT2D eigenvalue weighted by Gasteiger charge is -1.86. The van der Waals surface area contributed by atoms with Crippen LogP contribution in [0, 0.1) is 0 Å². The second kappa shape index (κ2) is 4.70. The molecule has 0 aliphatic heterocycles. The molecule has 0 fully saturated rings. The number of rotatable bonds is 3. The molecule has 0 aliphatic rings. The Morgan fingerprint density at radius 3 is 2.20 bits per heavy atom. The van der Waals surface area contributed by atoms with Crippen molar-refractivity contribution >= 4 is 26.3 Å². The number of halogens is 4. The van der Waals surface area contributed by atoms with Gasteiger partial charge in [0.15, 0.2) is 0 Å². The molecule has 0 unspecified atom stereocenters. The largest absolute Gasteiger partial charge is 0.313 e. The molecule has 0 heterocycles. The quantitative estimate of drug-likeness (QED) is 0.419. The first-order valence-electron chi connectivity index (χ1n) is 2.50. The van der Waals surface area contributed by atoms with Crippen LogP contribution in [0.25, 0.3) is 0 Å². The number of nitrogens with zero attached hydrogens (tertiary/aromatic N) is 1. The summed E-state index contributed by atoms with van der Waals surface area (Å²) in [7, 11) is 0. The summed E-state index contributed by atoms with van der Waals surface area (Å²) in [6.07, 6.45) is -0.0362. The van der Waals surface area contributed by atoms with Gasteiger partial charge in [0.1, 0.15) is 8.96 Å². The van der Waals surface area contributed by atoms with Crippen molar-refractivity contribution < 1.29 is 18.4 Å². The highest BCUT2D eigenvalue weighted by molar-refractivity contribution is 14.1. The third kappa shape index (κ3) is 4.78. The minimum Gasteiger partial charge on any atom is -0.212 e. The smallest absolute Gasteiger partial charge is 0.212 e. The fourth-order valence-corrected chi connectivity index (χ4v) is 0.593. The average Bonchev–Trinajstić information content (AvgIpc) is 1.82. The molecule has 0 rings (SSSR count). The molecule has 0 amide bonds. The first kappa shape index (κ1) is 9.93. The number of hydrogen-bond acceptors (Lipinski definition) is 0. The zero-order chi connectivity index (χ0) is 8.15. The zero-order valence-electron chi connectivity index (χ0n) is 5.08. The lowest BCUT2D eigenvalue weighted by molar-refractivity contribution is -0.851. The maximum Gasteiger partial charge on any atom is 0.313 e. The van der Waals surface area contributed by atoms with E-state index in [1.54, 1.807) is 0 Å². The second-order valence-corrected chi connectivity index (χ2v) is 2.87. The predicted octanol–water partition coefficient (Wildman–Crippen LogP) is 2.86. The third-order valence-corrected chi connectivity index (χ3v) is 1.69. The van der Waals surface area contributed by atoms with Gasteiger partial charge in [-0.3, -0.25) is 0 Å². The lowest BCUT2D eigenvalue weighted by Crippen LogP contribution is -1.97. The Morgan fingerprint density at radius 2 is 1.90 bits per heavy atom. The van der Waals surface area contributed by atoms with Crippen LogP contribution in [0.5, 0.6) is 0 Å². The third-order valence-electron chi connectivity index (χ3n) is 0.786. The Morgan fingerprint density at radius 1 is 1.40 bits per heavy atom. The van der Waals surface area contributed by atoms with Gasteiger partial charge in [0, 0.05) is 29.0 Å². The second-order valence-electron chi connectivity index (χ2n) is 1.63. The van der Waals surface area contributed by atoms with E-state index < -0.39 is 10.8 Å². The SMILES string of the molecule is C=C(F)CCC(I)=[N+](F)F. The normalized spacial score (nSPS) is 9.20. The van der Waals surface area contributed by atoms with E-state index >= 15 is 0 Å². The van der Waals surface area contributed by atoms with Crippen LogP contribution in [0.4, 0.5) is 13.4 Å². The van der Waals surface area contributed by atoms with E-state index in [4.69, 9.17) is 0 Å². The molecule has 0 radical (unpaired) electrons. The van der Waals surface area contributed by atoms with Crippen molar-refractivity contribution in [2.24, 2.45) is 0 Å². The first-order chi connectivity index (χ1) is 4.54. The molecule has 10 heavy (non-hydrogen) atoms. The summed E-state index contributed by atoms with van der Waals surface area (Å²) in [4.78, 5) is 0. The Bertz CT molecular complexity index is 162. The maximum absolute atomic E-state index is 11.9. The van der Waals surface area contributed by atoms with E-state index in [-0.39, 0.29) is 16.6 Å². The van der Waals surface area contributed by atoms with Crippen LogP contribution < -0.4 is 0 Å². The average molecular weight is 264 g/mol. The minimum atomic E-state index is -1.02. The standard InChI is InChI=1S/C5H6F3IN/c1-4(6)2-3-5(9)10(7)8/h1-3H2/q+1. The van der Waals surface area contributed by atoms with Gasteiger partial charge in [-0.15, -0.1) is 0 Å². The van der Waals surface area contributed by atoms with Crippen molar-refractivity contribution in [1.82, 2.24) is 0 Å². The number of hydrogen-bond donors (Lipinski definition) is 0. The molecule has 0 spiro atoms. The van der Waals surface area contributed by atoms with Gasteiger partial charge in [-0.1, -0.05) is 6.58 Å². The van der Waals surface area contributed by atoms with Crippen molar-refractivity contribution in [3.05, 3.63) is 12.4 Å². The van der Waals surface area contributed by atoms with Gasteiger partial charge in [0.25, 0.3) is 0 Å². The van der Waals surface area contributed by atoms with Gasteiger partial charge in [0.05, 0.1) is 12.2 Å². The molecule has 58 valence electrons. The summed E-state index contributed by atoms with van der Waals surface area (Å²) < 4.78 is 34.7. The summed E-state index contributed by atoms with van der Waals surface area (Å²) in [5, 5.41) is -1.02. The monoisotopic (exact) mass is 264 g/mol. The fraction of sp³-hybridized carbons (Fsp3) is 0.400. The Balaban J connectivity index is 3.71. The summed E-state index contributed by atoms with van der Waals surface area (Å²) in [6.45, 7) is 2.94. The Labute approximate surface area is 70.2 Å². The Kier molecular flexibility index (Phi) is 4.67. The zero-order valence-corrected chi connectivity index (χ0v) is 7.24. The van der Waals surface area contributed by atoms with Crippen LogP contribution in [-0.2, 0) is 0 Å². The van der Waals surface area contributed by atoms with Crippen LogP contribution in [0.2, 0.25) is 0 Å². The molecular weight excluding hydrogens is 258 g/mol. The fourth-order valence-electron chi connectivity index (χ4n) is 0.323. The van der Waals surface area contributed by atoms with Crippen LogP contribution in [0.1, 0.15) is 12.8 Å². The van der Waals surface area contributed by atoms with E-state index in [1.807, 2.05) is 0 Å². The Hall–Kier alpha value is -0.0700. The van der Waals surface area contributed by atoms with Gasteiger partial charge in [-0.25, -0.2) is 4.39 Å². The van der Waals surface area contributed by atoms with Gasteiger partial charge in [-0.2, -0.15) is 0 Å². The van der Waals surface area contributed by atoms with Gasteiger partial charge in [-0.05, 0) is 0 Å². The molecule has 0 aromatic rings. The van der Waals surface area contributed by atoms with Gasteiger partial charge < -0.3 is 0 Å². The summed E-state index contributed by atoms with van der Waals surface area (Å²) in [5.41, 5.74) is 0. The molecule has 0 aromatic heterocycles. The highest BCUT2D eigenvalue weighted by Gasteiger charge is 2.12. The first-order valence-corrected chi connectivity index (χ1v) is 3.58.